The summed E-state index contributed by atoms with van der Waals surface area (Å²) in [5.74, 6) is -5.77. The molecule has 0 amide bonds. The fraction of sp³-hybridized carbons (Fsp3) is 0.267. The van der Waals surface area contributed by atoms with E-state index in [1.54, 1.807) is 0 Å². The number of aromatic carboxylic acids is 1. The van der Waals surface area contributed by atoms with Crippen LogP contribution in [0.2, 0.25) is 0 Å². The summed E-state index contributed by atoms with van der Waals surface area (Å²) in [4.78, 5) is 34.8. The van der Waals surface area contributed by atoms with Gasteiger partial charge in [-0.1, -0.05) is 0 Å². The Morgan fingerprint density at radius 2 is 1.81 bits per heavy atom. The zero-order valence-corrected chi connectivity index (χ0v) is 13.3. The van der Waals surface area contributed by atoms with Crippen LogP contribution in [0.15, 0.2) is 30.0 Å². The highest BCUT2D eigenvalue weighted by molar-refractivity contribution is 6.15. The zero-order valence-electron chi connectivity index (χ0n) is 13.3. The number of benzene rings is 1. The highest BCUT2D eigenvalue weighted by atomic mass is 19.4. The molecule has 0 radical (unpaired) electrons. The lowest BCUT2D eigenvalue weighted by atomic mass is 10.1. The van der Waals surface area contributed by atoms with Gasteiger partial charge in [0, 0.05) is 20.0 Å². The van der Waals surface area contributed by atoms with E-state index in [9.17, 15) is 27.6 Å². The number of hydrogen-bond acceptors (Lipinski definition) is 7. The van der Waals surface area contributed by atoms with Crippen LogP contribution in [0.25, 0.3) is 0 Å². The summed E-state index contributed by atoms with van der Waals surface area (Å²) in [6.07, 6.45) is -4.15. The lowest BCUT2D eigenvalue weighted by molar-refractivity contribution is -0.274. The van der Waals surface area contributed by atoms with E-state index < -0.39 is 46.9 Å². The molecule has 140 valence electrons. The smallest absolute Gasteiger partial charge is 0.478 e. The number of carbonyl (C=O) groups is 3. The first-order valence-electron chi connectivity index (χ1n) is 6.94. The van der Waals surface area contributed by atoms with Gasteiger partial charge >= 0.3 is 24.3 Å². The minimum absolute atomic E-state index is 0.190. The SMILES string of the molecule is CC1(C)OC(=O)C(=CNc2ccc(OC(F)(F)F)cc2C(=O)O)C(=O)O1. The van der Waals surface area contributed by atoms with E-state index in [0.717, 1.165) is 18.3 Å². The van der Waals surface area contributed by atoms with Gasteiger partial charge in [-0.2, -0.15) is 0 Å². The van der Waals surface area contributed by atoms with Gasteiger partial charge < -0.3 is 24.6 Å². The summed E-state index contributed by atoms with van der Waals surface area (Å²) < 4.78 is 50.0. The molecular formula is C15H12F3NO7. The van der Waals surface area contributed by atoms with Gasteiger partial charge in [-0.15, -0.1) is 13.2 Å². The van der Waals surface area contributed by atoms with Gasteiger partial charge in [0.25, 0.3) is 5.79 Å². The number of carboxylic acid groups (broad SMARTS) is 1. The van der Waals surface area contributed by atoms with Gasteiger partial charge in [0.1, 0.15) is 5.75 Å². The van der Waals surface area contributed by atoms with Crippen molar-refractivity contribution in [3.63, 3.8) is 0 Å². The fourth-order valence-corrected chi connectivity index (χ4v) is 1.95. The monoisotopic (exact) mass is 375 g/mol. The van der Waals surface area contributed by atoms with Gasteiger partial charge in [-0.05, 0) is 18.2 Å². The van der Waals surface area contributed by atoms with Crippen molar-refractivity contribution in [2.24, 2.45) is 0 Å². The predicted molar refractivity (Wildman–Crippen MR) is 78.1 cm³/mol. The second kappa shape index (κ2) is 6.58. The molecule has 1 heterocycles. The molecule has 1 aromatic rings. The number of halogens is 3. The molecule has 1 fully saturated rings. The van der Waals surface area contributed by atoms with E-state index in [2.05, 4.69) is 10.1 Å². The van der Waals surface area contributed by atoms with Crippen molar-refractivity contribution >= 4 is 23.6 Å². The topological polar surface area (TPSA) is 111 Å². The van der Waals surface area contributed by atoms with E-state index >= 15 is 0 Å². The minimum atomic E-state index is -4.99. The van der Waals surface area contributed by atoms with Crippen molar-refractivity contribution in [1.29, 1.82) is 0 Å². The number of carboxylic acids is 1. The summed E-state index contributed by atoms with van der Waals surface area (Å²) >= 11 is 0. The van der Waals surface area contributed by atoms with E-state index in [1.807, 2.05) is 0 Å². The number of nitrogens with one attached hydrogen (secondary N) is 1. The Bertz CT molecular complexity index is 777. The molecule has 0 saturated carbocycles. The number of hydrogen-bond donors (Lipinski definition) is 2. The number of rotatable bonds is 4. The molecule has 1 aliphatic heterocycles. The van der Waals surface area contributed by atoms with Crippen molar-refractivity contribution in [2.45, 2.75) is 26.0 Å². The Morgan fingerprint density at radius 1 is 1.23 bits per heavy atom. The highest BCUT2D eigenvalue weighted by Gasteiger charge is 2.39. The number of cyclic esters (lactones) is 2. The number of ether oxygens (including phenoxy) is 3. The third kappa shape index (κ3) is 4.65. The lowest BCUT2D eigenvalue weighted by Gasteiger charge is -2.29. The standard InChI is InChI=1S/C15H12F3NO7/c1-14(2)25-12(22)9(13(23)26-14)6-19-10-4-3-7(24-15(16,17)18)5-8(10)11(20)21/h3-6,19H,1-2H3,(H,20,21). The second-order valence-electron chi connectivity index (χ2n) is 5.44. The Balaban J connectivity index is 2.28. The van der Waals surface area contributed by atoms with Crippen LogP contribution in [0.3, 0.4) is 0 Å². The van der Waals surface area contributed by atoms with Crippen LogP contribution < -0.4 is 10.1 Å². The van der Waals surface area contributed by atoms with E-state index in [1.165, 1.54) is 13.8 Å². The molecular weight excluding hydrogens is 363 g/mol. The van der Waals surface area contributed by atoms with Crippen LogP contribution in [0.1, 0.15) is 24.2 Å². The summed E-state index contributed by atoms with van der Waals surface area (Å²) in [7, 11) is 0. The number of esters is 2. The maximum Gasteiger partial charge on any atom is 0.573 e. The Labute approximate surface area is 144 Å². The molecule has 26 heavy (non-hydrogen) atoms. The van der Waals surface area contributed by atoms with Gasteiger partial charge in [0.15, 0.2) is 5.57 Å². The first kappa shape index (κ1) is 19.1. The highest BCUT2D eigenvalue weighted by Crippen LogP contribution is 2.28. The van der Waals surface area contributed by atoms with Crippen molar-refractivity contribution in [3.05, 3.63) is 35.5 Å². The maximum atomic E-state index is 12.2. The lowest BCUT2D eigenvalue weighted by Crippen LogP contribution is -2.42. The van der Waals surface area contributed by atoms with Crippen molar-refractivity contribution in [1.82, 2.24) is 0 Å². The molecule has 2 rings (SSSR count). The number of carbonyl (C=O) groups excluding carboxylic acids is 2. The summed E-state index contributed by atoms with van der Waals surface area (Å²) in [6, 6.07) is 2.48. The molecule has 11 heteroatoms. The molecule has 1 aliphatic rings. The Hall–Kier alpha value is -3.24. The molecule has 0 aliphatic carbocycles. The number of alkyl halides is 3. The average Bonchev–Trinajstić information content (AvgIpc) is 2.44. The molecule has 0 bridgehead atoms. The van der Waals surface area contributed by atoms with E-state index in [-0.39, 0.29) is 5.69 Å². The molecule has 1 saturated heterocycles. The Kier molecular flexibility index (Phi) is 4.83. The van der Waals surface area contributed by atoms with Crippen molar-refractivity contribution in [3.8, 4) is 5.75 Å². The summed E-state index contributed by atoms with van der Waals surface area (Å²) in [5, 5.41) is 11.5. The van der Waals surface area contributed by atoms with Gasteiger partial charge in [-0.3, -0.25) is 0 Å². The van der Waals surface area contributed by atoms with Gasteiger partial charge in [-0.25, -0.2) is 14.4 Å². The molecule has 0 unspecified atom stereocenters. The van der Waals surface area contributed by atoms with Crippen LogP contribution in [-0.2, 0) is 19.1 Å². The van der Waals surface area contributed by atoms with Gasteiger partial charge in [0.2, 0.25) is 0 Å². The van der Waals surface area contributed by atoms with Crippen LogP contribution in [0.5, 0.6) is 5.75 Å². The first-order chi connectivity index (χ1) is 11.9. The quantitative estimate of drug-likeness (QED) is 0.469. The maximum absolute atomic E-state index is 12.2. The molecule has 1 aromatic carbocycles. The third-order valence-corrected chi connectivity index (χ3v) is 2.94. The van der Waals surface area contributed by atoms with Crippen LogP contribution in [0.4, 0.5) is 18.9 Å². The van der Waals surface area contributed by atoms with Crippen LogP contribution in [-0.4, -0.2) is 35.2 Å². The molecule has 8 nitrogen and oxygen atoms in total. The van der Waals surface area contributed by atoms with E-state index in [4.69, 9.17) is 14.6 Å². The second-order valence-corrected chi connectivity index (χ2v) is 5.44. The normalized spacial score (nSPS) is 16.4. The molecule has 0 aromatic heterocycles. The predicted octanol–water partition coefficient (Wildman–Crippen LogP) is 2.42. The fourth-order valence-electron chi connectivity index (χ4n) is 1.95. The largest absolute Gasteiger partial charge is 0.573 e. The van der Waals surface area contributed by atoms with Crippen molar-refractivity contribution in [2.75, 3.05) is 5.32 Å². The van der Waals surface area contributed by atoms with Crippen LogP contribution in [0, 0.1) is 0 Å². The molecule has 0 spiro atoms. The van der Waals surface area contributed by atoms with Crippen molar-refractivity contribution < 1.29 is 46.9 Å². The first-order valence-corrected chi connectivity index (χ1v) is 6.94. The average molecular weight is 375 g/mol. The van der Waals surface area contributed by atoms with Crippen LogP contribution >= 0.6 is 0 Å². The Morgan fingerprint density at radius 3 is 2.31 bits per heavy atom. The number of anilines is 1. The minimum Gasteiger partial charge on any atom is -0.478 e. The third-order valence-electron chi connectivity index (χ3n) is 2.94. The molecule has 0 atom stereocenters. The van der Waals surface area contributed by atoms with E-state index in [0.29, 0.717) is 6.07 Å². The van der Waals surface area contributed by atoms with Gasteiger partial charge in [0.05, 0.1) is 11.3 Å². The molecule has 2 N–H and O–H groups in total. The summed E-state index contributed by atoms with van der Waals surface area (Å²) in [5.41, 5.74) is -1.32. The zero-order chi connectivity index (χ0) is 19.7. The summed E-state index contributed by atoms with van der Waals surface area (Å²) in [6.45, 7) is 2.68.